The quantitative estimate of drug-likeness (QED) is 0.321. The third kappa shape index (κ3) is 1.97. The summed E-state index contributed by atoms with van der Waals surface area (Å²) >= 11 is 10.1. The van der Waals surface area contributed by atoms with Crippen LogP contribution in [0.5, 0.6) is 0 Å². The van der Waals surface area contributed by atoms with Crippen LogP contribution in [0.25, 0.3) is 11.1 Å². The molecule has 5 rings (SSSR count). The molecule has 0 unspecified atom stereocenters. The van der Waals surface area contributed by atoms with Crippen molar-refractivity contribution in [3.8, 4) is 11.1 Å². The first-order valence-electron chi connectivity index (χ1n) is 7.98. The average molecular weight is 367 g/mol. The molecule has 0 N–H and O–H groups in total. The number of benzene rings is 3. The van der Waals surface area contributed by atoms with E-state index in [1.54, 1.807) is 0 Å². The molecule has 0 saturated heterocycles. The Kier molecular flexibility index (Phi) is 3.16. The second-order valence-corrected chi connectivity index (χ2v) is 9.35. The van der Waals surface area contributed by atoms with Gasteiger partial charge in [0.2, 0.25) is 0 Å². The van der Waals surface area contributed by atoms with Crippen molar-refractivity contribution in [3.63, 3.8) is 0 Å². The zero-order valence-corrected chi connectivity index (χ0v) is 15.8. The zero-order chi connectivity index (χ0) is 16.5. The van der Waals surface area contributed by atoms with Crippen molar-refractivity contribution >= 4 is 35.1 Å². The molecule has 0 nitrogen and oxygen atoms in total. The van der Waals surface area contributed by atoms with Gasteiger partial charge in [-0.2, -0.15) is 0 Å². The van der Waals surface area contributed by atoms with Crippen LogP contribution in [0.1, 0.15) is 25.0 Å². The Morgan fingerprint density at radius 1 is 0.792 bits per heavy atom. The molecule has 1 aliphatic carbocycles. The topological polar surface area (TPSA) is 0 Å². The van der Waals surface area contributed by atoms with E-state index in [4.69, 9.17) is 11.6 Å². The first-order valence-corrected chi connectivity index (χ1v) is 9.99. The van der Waals surface area contributed by atoms with Gasteiger partial charge >= 0.3 is 0 Å². The van der Waals surface area contributed by atoms with Crippen LogP contribution in [0, 0.1) is 0 Å². The molecule has 24 heavy (non-hydrogen) atoms. The molecule has 2 aliphatic rings. The van der Waals surface area contributed by atoms with E-state index in [-0.39, 0.29) is 5.41 Å². The van der Waals surface area contributed by atoms with Crippen molar-refractivity contribution in [2.75, 3.05) is 0 Å². The van der Waals surface area contributed by atoms with E-state index in [1.807, 2.05) is 29.6 Å². The monoisotopic (exact) mass is 366 g/mol. The SMILES string of the molecule is CC1(C)c2cc(Cl)ccc2-c2ccc3c(c21)Sc1ccccc1S3. The normalized spacial score (nSPS) is 16.1. The molecule has 0 bridgehead atoms. The summed E-state index contributed by atoms with van der Waals surface area (Å²) in [5.74, 6) is 0. The summed E-state index contributed by atoms with van der Waals surface area (Å²) in [6.07, 6.45) is 0. The fourth-order valence-electron chi connectivity index (χ4n) is 3.84. The molecule has 0 spiro atoms. The molecule has 0 radical (unpaired) electrons. The number of rotatable bonds is 0. The van der Waals surface area contributed by atoms with Crippen molar-refractivity contribution in [1.82, 2.24) is 0 Å². The first-order chi connectivity index (χ1) is 11.6. The van der Waals surface area contributed by atoms with Crippen LogP contribution >= 0.6 is 35.1 Å². The summed E-state index contributed by atoms with van der Waals surface area (Å²) in [5, 5.41) is 0.816. The number of hydrogen-bond donors (Lipinski definition) is 0. The maximum atomic E-state index is 6.29. The smallest absolute Gasteiger partial charge is 0.0409 e. The molecular formula is C21H15ClS2. The minimum atomic E-state index is -0.0270. The Hall–Kier alpha value is -1.35. The van der Waals surface area contributed by atoms with Gasteiger partial charge in [-0.1, -0.05) is 73.2 Å². The number of halogens is 1. The number of hydrogen-bond acceptors (Lipinski definition) is 2. The highest BCUT2D eigenvalue weighted by molar-refractivity contribution is 8.05. The lowest BCUT2D eigenvalue weighted by Gasteiger charge is -2.28. The second kappa shape index (κ2) is 5.08. The third-order valence-electron chi connectivity index (χ3n) is 4.97. The maximum Gasteiger partial charge on any atom is 0.0409 e. The van der Waals surface area contributed by atoms with Crippen molar-refractivity contribution in [2.24, 2.45) is 0 Å². The standard InChI is InChI=1S/C21H15ClS2/c1-21(2)15-11-12(22)7-8-13(15)14-9-10-18-20(19(14)21)24-17-6-4-3-5-16(17)23-18/h3-11H,1-2H3. The maximum absolute atomic E-state index is 6.29. The minimum absolute atomic E-state index is 0.0270. The molecule has 1 heterocycles. The van der Waals surface area contributed by atoms with Crippen LogP contribution in [0.3, 0.4) is 0 Å². The highest BCUT2D eigenvalue weighted by atomic mass is 35.5. The van der Waals surface area contributed by atoms with Gasteiger partial charge in [-0.05, 0) is 52.6 Å². The molecular weight excluding hydrogens is 352 g/mol. The van der Waals surface area contributed by atoms with Gasteiger partial charge in [-0.3, -0.25) is 0 Å². The van der Waals surface area contributed by atoms with Gasteiger partial charge in [-0.15, -0.1) is 0 Å². The van der Waals surface area contributed by atoms with E-state index in [1.165, 1.54) is 41.8 Å². The summed E-state index contributed by atoms with van der Waals surface area (Å²) < 4.78 is 0. The van der Waals surface area contributed by atoms with E-state index >= 15 is 0 Å². The fourth-order valence-corrected chi connectivity index (χ4v) is 6.57. The molecule has 3 aromatic rings. The molecule has 1 aliphatic heterocycles. The third-order valence-corrected chi connectivity index (χ3v) is 7.81. The van der Waals surface area contributed by atoms with Crippen molar-refractivity contribution in [1.29, 1.82) is 0 Å². The fraction of sp³-hybridized carbons (Fsp3) is 0.143. The van der Waals surface area contributed by atoms with Gasteiger partial charge in [0, 0.05) is 30.0 Å². The second-order valence-electron chi connectivity index (χ2n) is 6.78. The van der Waals surface area contributed by atoms with Gasteiger partial charge in [0.25, 0.3) is 0 Å². The summed E-state index contributed by atoms with van der Waals surface area (Å²) in [7, 11) is 0. The Bertz CT molecular complexity index is 1000. The summed E-state index contributed by atoms with van der Waals surface area (Å²) in [6, 6.07) is 19.6. The Balaban J connectivity index is 1.77. The Morgan fingerprint density at radius 3 is 2.29 bits per heavy atom. The highest BCUT2D eigenvalue weighted by Crippen LogP contribution is 2.58. The highest BCUT2D eigenvalue weighted by Gasteiger charge is 2.39. The summed E-state index contributed by atoms with van der Waals surface area (Å²) in [6.45, 7) is 4.64. The van der Waals surface area contributed by atoms with Crippen LogP contribution < -0.4 is 0 Å². The molecule has 0 amide bonds. The minimum Gasteiger partial charge on any atom is -0.0877 e. The predicted octanol–water partition coefficient (Wildman–Crippen LogP) is 7.26. The van der Waals surface area contributed by atoms with Crippen LogP contribution in [-0.2, 0) is 5.41 Å². The number of fused-ring (bicyclic) bond motifs is 6. The Morgan fingerprint density at radius 2 is 1.50 bits per heavy atom. The average Bonchev–Trinajstić information content (AvgIpc) is 2.80. The largest absolute Gasteiger partial charge is 0.0877 e. The summed E-state index contributed by atoms with van der Waals surface area (Å²) in [4.78, 5) is 5.48. The van der Waals surface area contributed by atoms with E-state index in [0.29, 0.717) is 0 Å². The lowest BCUT2D eigenvalue weighted by Crippen LogP contribution is -2.16. The molecule has 3 heteroatoms. The van der Waals surface area contributed by atoms with Gasteiger partial charge in [0.05, 0.1) is 0 Å². The van der Waals surface area contributed by atoms with Crippen molar-refractivity contribution in [3.05, 3.63) is 70.7 Å². The predicted molar refractivity (Wildman–Crippen MR) is 104 cm³/mol. The van der Waals surface area contributed by atoms with Crippen LogP contribution in [0.2, 0.25) is 5.02 Å². The lowest BCUT2D eigenvalue weighted by atomic mass is 9.82. The molecule has 0 aromatic heterocycles. The van der Waals surface area contributed by atoms with Gasteiger partial charge in [0.15, 0.2) is 0 Å². The lowest BCUT2D eigenvalue weighted by molar-refractivity contribution is 0.642. The van der Waals surface area contributed by atoms with Crippen LogP contribution in [0.15, 0.2) is 74.2 Å². The van der Waals surface area contributed by atoms with Crippen molar-refractivity contribution < 1.29 is 0 Å². The van der Waals surface area contributed by atoms with E-state index in [9.17, 15) is 0 Å². The van der Waals surface area contributed by atoms with Crippen molar-refractivity contribution in [2.45, 2.75) is 38.8 Å². The molecule has 118 valence electrons. The Labute approximate surface area is 155 Å². The zero-order valence-electron chi connectivity index (χ0n) is 13.4. The van der Waals surface area contributed by atoms with Gasteiger partial charge in [-0.25, -0.2) is 0 Å². The van der Waals surface area contributed by atoms with E-state index in [2.05, 4.69) is 62.4 Å². The van der Waals surface area contributed by atoms with Gasteiger partial charge < -0.3 is 0 Å². The molecule has 3 aromatic carbocycles. The van der Waals surface area contributed by atoms with Gasteiger partial charge in [0.1, 0.15) is 0 Å². The molecule has 0 atom stereocenters. The first kappa shape index (κ1) is 14.9. The molecule has 0 fully saturated rings. The summed E-state index contributed by atoms with van der Waals surface area (Å²) in [5.41, 5.74) is 5.44. The molecule has 0 saturated carbocycles. The van der Waals surface area contributed by atoms with E-state index in [0.717, 1.165) is 5.02 Å². The van der Waals surface area contributed by atoms with Crippen LogP contribution in [0.4, 0.5) is 0 Å². The van der Waals surface area contributed by atoms with E-state index < -0.39 is 0 Å². The van der Waals surface area contributed by atoms with Crippen LogP contribution in [-0.4, -0.2) is 0 Å².